The Morgan fingerprint density at radius 1 is 1.35 bits per heavy atom. The van der Waals surface area contributed by atoms with E-state index in [-0.39, 0.29) is 0 Å². The summed E-state index contributed by atoms with van der Waals surface area (Å²) in [6.07, 6.45) is 3.53. The molecular formula is C15H23N3O2. The number of nitrogen functional groups attached to an aromatic ring is 1. The van der Waals surface area contributed by atoms with E-state index in [0.29, 0.717) is 22.8 Å². The van der Waals surface area contributed by atoms with Crippen LogP contribution in [0, 0.1) is 0 Å². The molecule has 2 aromatic rings. The second-order valence-corrected chi connectivity index (χ2v) is 5.42. The summed E-state index contributed by atoms with van der Waals surface area (Å²) in [5.74, 6) is -0.446. The van der Waals surface area contributed by atoms with Gasteiger partial charge in [-0.25, -0.2) is 4.79 Å². The van der Waals surface area contributed by atoms with E-state index in [4.69, 9.17) is 10.2 Å². The number of oxazole rings is 1. The van der Waals surface area contributed by atoms with E-state index in [0.717, 1.165) is 18.7 Å². The number of nitrogens with two attached hydrogens (primary N) is 1. The highest BCUT2D eigenvalue weighted by Crippen LogP contribution is 2.29. The Kier molecular flexibility index (Phi) is 4.37. The van der Waals surface area contributed by atoms with E-state index in [1.54, 1.807) is 6.07 Å². The van der Waals surface area contributed by atoms with Crippen LogP contribution in [0.25, 0.3) is 11.1 Å². The van der Waals surface area contributed by atoms with Crippen molar-refractivity contribution in [3.8, 4) is 0 Å². The van der Waals surface area contributed by atoms with Crippen LogP contribution in [0.2, 0.25) is 0 Å². The molecule has 0 saturated carbocycles. The standard InChI is InChI=1S/C15H23N3O2/c1-4-5-6-7-18(10(2)3)13-9-12-14(8-11(13)16)20-15(19)17-12/h8-10H,4-7,16H2,1-3H3,(H,17,19). The van der Waals surface area contributed by atoms with Crippen molar-refractivity contribution < 1.29 is 4.42 Å². The number of aromatic amines is 1. The zero-order chi connectivity index (χ0) is 14.7. The molecule has 1 aromatic carbocycles. The highest BCUT2D eigenvalue weighted by molar-refractivity contribution is 5.85. The zero-order valence-corrected chi connectivity index (χ0v) is 12.4. The van der Waals surface area contributed by atoms with Gasteiger partial charge in [0.25, 0.3) is 0 Å². The normalized spacial score (nSPS) is 11.4. The number of aromatic nitrogens is 1. The Morgan fingerprint density at radius 2 is 2.10 bits per heavy atom. The van der Waals surface area contributed by atoms with Gasteiger partial charge in [-0.15, -0.1) is 0 Å². The lowest BCUT2D eigenvalue weighted by Gasteiger charge is -2.30. The van der Waals surface area contributed by atoms with Crippen LogP contribution in [0.3, 0.4) is 0 Å². The number of anilines is 2. The summed E-state index contributed by atoms with van der Waals surface area (Å²) >= 11 is 0. The SMILES string of the molecule is CCCCCN(c1cc2[nH]c(=O)oc2cc1N)C(C)C. The van der Waals surface area contributed by atoms with Crippen LogP contribution >= 0.6 is 0 Å². The molecule has 1 heterocycles. The number of benzene rings is 1. The van der Waals surface area contributed by atoms with E-state index in [1.165, 1.54) is 12.8 Å². The Hall–Kier alpha value is -1.91. The average molecular weight is 277 g/mol. The molecule has 3 N–H and O–H groups in total. The smallest absolute Gasteiger partial charge is 0.408 e. The topological polar surface area (TPSA) is 75.3 Å². The number of rotatable bonds is 6. The number of fused-ring (bicyclic) bond motifs is 1. The Morgan fingerprint density at radius 3 is 2.75 bits per heavy atom. The third kappa shape index (κ3) is 2.98. The second-order valence-electron chi connectivity index (χ2n) is 5.42. The fourth-order valence-corrected chi connectivity index (χ4v) is 2.44. The van der Waals surface area contributed by atoms with Crippen molar-refractivity contribution >= 4 is 22.5 Å². The van der Waals surface area contributed by atoms with Crippen LogP contribution in [-0.2, 0) is 0 Å². The molecule has 0 aliphatic heterocycles. The number of hydrogen-bond acceptors (Lipinski definition) is 4. The van der Waals surface area contributed by atoms with Crippen molar-refractivity contribution in [1.29, 1.82) is 0 Å². The van der Waals surface area contributed by atoms with Crippen molar-refractivity contribution in [2.75, 3.05) is 17.2 Å². The molecule has 110 valence electrons. The van der Waals surface area contributed by atoms with Gasteiger partial charge in [0.1, 0.15) is 0 Å². The third-order valence-electron chi connectivity index (χ3n) is 3.50. The van der Waals surface area contributed by atoms with Crippen LogP contribution < -0.4 is 16.4 Å². The van der Waals surface area contributed by atoms with Crippen LogP contribution in [0.5, 0.6) is 0 Å². The van der Waals surface area contributed by atoms with E-state index >= 15 is 0 Å². The maximum atomic E-state index is 11.2. The molecule has 0 aliphatic carbocycles. The molecule has 1 aromatic heterocycles. The first-order chi connectivity index (χ1) is 9.52. The number of nitrogens with zero attached hydrogens (tertiary/aromatic N) is 1. The first-order valence-corrected chi connectivity index (χ1v) is 7.22. The minimum Gasteiger partial charge on any atom is -0.408 e. The summed E-state index contributed by atoms with van der Waals surface area (Å²) in [7, 11) is 0. The average Bonchev–Trinajstić information content (AvgIpc) is 2.73. The van der Waals surface area contributed by atoms with Gasteiger partial charge in [-0.3, -0.25) is 4.98 Å². The Labute approximate surface area is 118 Å². The van der Waals surface area contributed by atoms with Gasteiger partial charge < -0.3 is 15.1 Å². The monoisotopic (exact) mass is 277 g/mol. The molecule has 0 saturated heterocycles. The lowest BCUT2D eigenvalue weighted by atomic mass is 10.1. The van der Waals surface area contributed by atoms with Crippen LogP contribution in [0.15, 0.2) is 21.3 Å². The molecule has 0 spiro atoms. The minimum absolute atomic E-state index is 0.352. The third-order valence-corrected chi connectivity index (χ3v) is 3.50. The Balaban J connectivity index is 2.36. The summed E-state index contributed by atoms with van der Waals surface area (Å²) in [4.78, 5) is 16.2. The van der Waals surface area contributed by atoms with Gasteiger partial charge in [0.2, 0.25) is 0 Å². The maximum Gasteiger partial charge on any atom is 0.417 e. The lowest BCUT2D eigenvalue weighted by Crippen LogP contribution is -2.32. The van der Waals surface area contributed by atoms with Crippen LogP contribution in [0.1, 0.15) is 40.0 Å². The molecule has 0 radical (unpaired) electrons. The molecule has 0 atom stereocenters. The van der Waals surface area contributed by atoms with Crippen molar-refractivity contribution in [3.63, 3.8) is 0 Å². The van der Waals surface area contributed by atoms with E-state index in [1.807, 2.05) is 6.07 Å². The molecular weight excluding hydrogens is 254 g/mol. The lowest BCUT2D eigenvalue weighted by molar-refractivity contribution is 0.555. The molecule has 5 heteroatoms. The summed E-state index contributed by atoms with van der Waals surface area (Å²) in [6, 6.07) is 3.98. The van der Waals surface area contributed by atoms with Crippen molar-refractivity contribution in [2.24, 2.45) is 0 Å². The van der Waals surface area contributed by atoms with Gasteiger partial charge in [0, 0.05) is 18.7 Å². The summed E-state index contributed by atoms with van der Waals surface area (Å²) in [6.45, 7) is 7.45. The van der Waals surface area contributed by atoms with Gasteiger partial charge in [-0.05, 0) is 26.3 Å². The number of hydrogen-bond donors (Lipinski definition) is 2. The van der Waals surface area contributed by atoms with Crippen molar-refractivity contribution in [2.45, 2.75) is 46.1 Å². The fraction of sp³-hybridized carbons (Fsp3) is 0.533. The summed E-state index contributed by atoms with van der Waals surface area (Å²) < 4.78 is 5.03. The summed E-state index contributed by atoms with van der Waals surface area (Å²) in [5.41, 5.74) is 8.93. The molecule has 5 nitrogen and oxygen atoms in total. The summed E-state index contributed by atoms with van der Waals surface area (Å²) in [5, 5.41) is 0. The molecule has 0 fully saturated rings. The predicted octanol–water partition coefficient (Wildman–Crippen LogP) is 3.11. The molecule has 20 heavy (non-hydrogen) atoms. The first kappa shape index (κ1) is 14.5. The van der Waals surface area contributed by atoms with E-state index in [2.05, 4.69) is 30.7 Å². The predicted molar refractivity (Wildman–Crippen MR) is 83.3 cm³/mol. The maximum absolute atomic E-state index is 11.2. The van der Waals surface area contributed by atoms with Gasteiger partial charge in [-0.2, -0.15) is 0 Å². The second kappa shape index (κ2) is 6.03. The molecule has 0 bridgehead atoms. The first-order valence-electron chi connectivity index (χ1n) is 7.22. The number of nitrogens with one attached hydrogen (secondary N) is 1. The molecule has 0 aliphatic rings. The largest absolute Gasteiger partial charge is 0.417 e. The van der Waals surface area contributed by atoms with Gasteiger partial charge in [-0.1, -0.05) is 19.8 Å². The van der Waals surface area contributed by atoms with Gasteiger partial charge in [0.15, 0.2) is 5.58 Å². The number of unbranched alkanes of at least 4 members (excludes halogenated alkanes) is 2. The van der Waals surface area contributed by atoms with E-state index < -0.39 is 5.76 Å². The van der Waals surface area contributed by atoms with E-state index in [9.17, 15) is 4.79 Å². The van der Waals surface area contributed by atoms with Crippen molar-refractivity contribution in [3.05, 3.63) is 22.7 Å². The van der Waals surface area contributed by atoms with Crippen LogP contribution in [0.4, 0.5) is 11.4 Å². The molecule has 0 amide bonds. The fourth-order valence-electron chi connectivity index (χ4n) is 2.44. The molecule has 0 unspecified atom stereocenters. The minimum atomic E-state index is -0.446. The Bertz CT molecular complexity index is 628. The van der Waals surface area contributed by atoms with Gasteiger partial charge in [0.05, 0.1) is 16.9 Å². The number of H-pyrrole nitrogens is 1. The van der Waals surface area contributed by atoms with Gasteiger partial charge >= 0.3 is 5.76 Å². The zero-order valence-electron chi connectivity index (χ0n) is 12.4. The highest BCUT2D eigenvalue weighted by Gasteiger charge is 2.15. The molecule has 2 rings (SSSR count). The van der Waals surface area contributed by atoms with Crippen LogP contribution in [-0.4, -0.2) is 17.6 Å². The highest BCUT2D eigenvalue weighted by atomic mass is 16.4. The quantitative estimate of drug-likeness (QED) is 0.628. The van der Waals surface area contributed by atoms with Crippen molar-refractivity contribution in [1.82, 2.24) is 4.98 Å².